The number of rotatable bonds is 2. The quantitative estimate of drug-likeness (QED) is 0.768. The van der Waals surface area contributed by atoms with Crippen molar-refractivity contribution in [1.29, 1.82) is 0 Å². The summed E-state index contributed by atoms with van der Waals surface area (Å²) in [5.41, 5.74) is 1.48. The number of hydrogen-bond donors (Lipinski definition) is 0. The van der Waals surface area contributed by atoms with Crippen molar-refractivity contribution >= 4 is 3.21 Å². The average molecular weight is 263 g/mol. The van der Waals surface area contributed by atoms with Crippen molar-refractivity contribution in [3.63, 3.8) is 0 Å². The van der Waals surface area contributed by atoms with Crippen molar-refractivity contribution in [3.05, 3.63) is 35.9 Å². The third kappa shape index (κ3) is 2.51. The summed E-state index contributed by atoms with van der Waals surface area (Å²) in [6.07, 6.45) is 7.18. The maximum absolute atomic E-state index is 2.26. The normalized spacial score (nSPS) is 17.9. The van der Waals surface area contributed by atoms with Gasteiger partial charge in [0.15, 0.2) is 0 Å². The van der Waals surface area contributed by atoms with Gasteiger partial charge in [0.05, 0.1) is 0 Å². The molecule has 0 N–H and O–H groups in total. The molecule has 0 aromatic heterocycles. The van der Waals surface area contributed by atoms with Crippen LogP contribution in [0.25, 0.3) is 0 Å². The van der Waals surface area contributed by atoms with E-state index in [9.17, 15) is 0 Å². The van der Waals surface area contributed by atoms with Gasteiger partial charge in [0, 0.05) is 0 Å². The summed E-state index contributed by atoms with van der Waals surface area (Å²) in [7, 11) is 0. The Balaban J connectivity index is 2.07. The van der Waals surface area contributed by atoms with E-state index in [-0.39, 0.29) is 0 Å². The second-order valence-electron chi connectivity index (χ2n) is 4.11. The van der Waals surface area contributed by atoms with E-state index in [2.05, 4.69) is 30.3 Å². The Hall–Kier alpha value is -0.0269. The summed E-state index contributed by atoms with van der Waals surface area (Å²) in [4.78, 5) is 0. The molecule has 1 saturated carbocycles. The van der Waals surface area contributed by atoms with Crippen molar-refractivity contribution < 1.29 is 24.2 Å². The number of hydrogen-bond acceptors (Lipinski definition) is 0. The van der Waals surface area contributed by atoms with E-state index in [0.29, 0.717) is 0 Å². The van der Waals surface area contributed by atoms with Crippen LogP contribution in [0.5, 0.6) is 0 Å². The molecule has 1 aliphatic carbocycles. The third-order valence-electron chi connectivity index (χ3n) is 3.10. The summed E-state index contributed by atoms with van der Waals surface area (Å²) in [5.74, 6) is 0.893. The topological polar surface area (TPSA) is 0 Å². The second kappa shape index (κ2) is 5.17. The Bertz CT molecular complexity index is 296. The van der Waals surface area contributed by atoms with Gasteiger partial charge in [-0.3, -0.25) is 0 Å². The molecular weight excluding hydrogens is 247 g/mol. The Kier molecular flexibility index (Phi) is 3.87. The first kappa shape index (κ1) is 10.5. The van der Waals surface area contributed by atoms with Crippen LogP contribution >= 0.6 is 0 Å². The monoisotopic (exact) mass is 262 g/mol. The molecule has 0 saturated heterocycles. The molecule has 0 atom stereocenters. The zero-order chi connectivity index (χ0) is 9.80. The summed E-state index contributed by atoms with van der Waals surface area (Å²) >= 11 is 1.61. The molecule has 1 aliphatic rings. The van der Waals surface area contributed by atoms with Gasteiger partial charge in [-0.1, -0.05) is 0 Å². The predicted molar refractivity (Wildman–Crippen MR) is 57.1 cm³/mol. The molecule has 0 bridgehead atoms. The van der Waals surface area contributed by atoms with Gasteiger partial charge in [-0.2, -0.15) is 0 Å². The van der Waals surface area contributed by atoms with E-state index < -0.39 is 0 Å². The van der Waals surface area contributed by atoms with E-state index >= 15 is 0 Å². The molecule has 0 heterocycles. The molecule has 0 nitrogen and oxygen atoms in total. The molecule has 1 aromatic rings. The first-order valence-electron chi connectivity index (χ1n) is 5.52. The van der Waals surface area contributed by atoms with Gasteiger partial charge < -0.3 is 0 Å². The van der Waals surface area contributed by atoms with Crippen LogP contribution in [0.2, 0.25) is 0 Å². The molecule has 1 fully saturated rings. The minimum atomic E-state index is 0.893. The number of benzene rings is 1. The molecule has 0 aliphatic heterocycles. The second-order valence-corrected chi connectivity index (χ2v) is 5.44. The van der Waals surface area contributed by atoms with Crippen LogP contribution in [-0.4, -0.2) is 3.21 Å². The third-order valence-corrected chi connectivity index (χ3v) is 4.81. The van der Waals surface area contributed by atoms with Gasteiger partial charge in [-0.25, -0.2) is 0 Å². The fourth-order valence-electron chi connectivity index (χ4n) is 2.24. The van der Waals surface area contributed by atoms with Gasteiger partial charge >= 0.3 is 101 Å². The van der Waals surface area contributed by atoms with Crippen LogP contribution < -0.4 is 0 Å². The van der Waals surface area contributed by atoms with Gasteiger partial charge in [0.25, 0.3) is 0 Å². The van der Waals surface area contributed by atoms with Gasteiger partial charge in [-0.15, -0.1) is 0 Å². The van der Waals surface area contributed by atoms with Crippen LogP contribution in [0.15, 0.2) is 30.3 Å². The Morgan fingerprint density at radius 3 is 2.29 bits per heavy atom. The van der Waals surface area contributed by atoms with Crippen molar-refractivity contribution in [2.24, 2.45) is 5.92 Å². The standard InChI is InChI=1S/C13H16.Zr/c1-3-7-12(8-4-1)11-13-9-5-2-6-10-13;/h1,3-4,7-8,13H,2,5-6,9-10H2;. The van der Waals surface area contributed by atoms with E-state index in [4.69, 9.17) is 0 Å². The molecule has 0 spiro atoms. The first-order chi connectivity index (χ1) is 6.88. The molecular formula is C13H16Zr. The van der Waals surface area contributed by atoms with E-state index in [0.717, 1.165) is 5.92 Å². The molecule has 0 amide bonds. The predicted octanol–water partition coefficient (Wildman–Crippen LogP) is 3.33. The van der Waals surface area contributed by atoms with Crippen molar-refractivity contribution in [3.8, 4) is 0 Å². The molecule has 0 unspecified atom stereocenters. The van der Waals surface area contributed by atoms with E-state index in [1.807, 2.05) is 0 Å². The first-order valence-corrected chi connectivity index (χ1v) is 6.74. The van der Waals surface area contributed by atoms with Crippen molar-refractivity contribution in [1.82, 2.24) is 0 Å². The Morgan fingerprint density at radius 2 is 1.64 bits per heavy atom. The van der Waals surface area contributed by atoms with Crippen molar-refractivity contribution in [2.75, 3.05) is 0 Å². The zero-order valence-corrected chi connectivity index (χ0v) is 11.0. The molecule has 72 valence electrons. The summed E-state index contributed by atoms with van der Waals surface area (Å²) in [5, 5.41) is 0. The zero-order valence-electron chi connectivity index (χ0n) is 8.50. The van der Waals surface area contributed by atoms with E-state index in [1.54, 1.807) is 27.4 Å². The minimum absolute atomic E-state index is 0.893. The van der Waals surface area contributed by atoms with Crippen LogP contribution in [-0.2, 0) is 24.2 Å². The van der Waals surface area contributed by atoms with Crippen LogP contribution in [0.4, 0.5) is 0 Å². The SMILES string of the molecule is [Zr]=[C](c1ccccc1)C1CCCCC1. The van der Waals surface area contributed by atoms with Crippen LogP contribution in [0, 0.1) is 5.92 Å². The molecule has 14 heavy (non-hydrogen) atoms. The average Bonchev–Trinajstić information content (AvgIpc) is 2.30. The molecule has 1 aromatic carbocycles. The van der Waals surface area contributed by atoms with Gasteiger partial charge in [0.2, 0.25) is 0 Å². The molecule has 0 radical (unpaired) electrons. The Morgan fingerprint density at radius 1 is 1.00 bits per heavy atom. The fourth-order valence-corrected chi connectivity index (χ4v) is 3.36. The maximum atomic E-state index is 2.26. The van der Waals surface area contributed by atoms with E-state index in [1.165, 1.54) is 37.7 Å². The molecule has 2 rings (SSSR count). The van der Waals surface area contributed by atoms with Crippen LogP contribution in [0.3, 0.4) is 0 Å². The summed E-state index contributed by atoms with van der Waals surface area (Å²) in [6.45, 7) is 0. The van der Waals surface area contributed by atoms with Gasteiger partial charge in [0.1, 0.15) is 0 Å². The fraction of sp³-hybridized carbons (Fsp3) is 0.462. The van der Waals surface area contributed by atoms with Crippen molar-refractivity contribution in [2.45, 2.75) is 32.1 Å². The summed E-state index contributed by atoms with van der Waals surface area (Å²) in [6, 6.07) is 10.9. The summed E-state index contributed by atoms with van der Waals surface area (Å²) < 4.78 is 1.69. The van der Waals surface area contributed by atoms with Crippen LogP contribution in [0.1, 0.15) is 37.7 Å². The van der Waals surface area contributed by atoms with Gasteiger partial charge in [-0.05, 0) is 0 Å². The Labute approximate surface area is 101 Å². The molecule has 1 heteroatoms.